The molecule has 1 aromatic rings. The SMILES string of the molecule is Cn1cnnc1SCC1OCCO1. The highest BCUT2D eigenvalue weighted by Gasteiger charge is 2.16. The van der Waals surface area contributed by atoms with E-state index in [-0.39, 0.29) is 6.29 Å². The summed E-state index contributed by atoms with van der Waals surface area (Å²) in [4.78, 5) is 0. The van der Waals surface area contributed by atoms with Gasteiger partial charge in [0.1, 0.15) is 6.33 Å². The molecule has 0 radical (unpaired) electrons. The van der Waals surface area contributed by atoms with Gasteiger partial charge in [0.25, 0.3) is 0 Å². The molecule has 2 heterocycles. The van der Waals surface area contributed by atoms with Crippen LogP contribution in [0.3, 0.4) is 0 Å². The summed E-state index contributed by atoms with van der Waals surface area (Å²) in [6.45, 7) is 1.40. The van der Waals surface area contributed by atoms with Crippen LogP contribution in [-0.4, -0.2) is 40.0 Å². The van der Waals surface area contributed by atoms with Gasteiger partial charge in [0.05, 0.1) is 19.0 Å². The molecule has 0 atom stereocenters. The number of ether oxygens (including phenoxy) is 2. The van der Waals surface area contributed by atoms with E-state index in [0.717, 1.165) is 10.9 Å². The lowest BCUT2D eigenvalue weighted by Gasteiger charge is -2.06. The van der Waals surface area contributed by atoms with Crippen molar-refractivity contribution < 1.29 is 9.47 Å². The lowest BCUT2D eigenvalue weighted by molar-refractivity contribution is -0.0215. The van der Waals surface area contributed by atoms with Crippen molar-refractivity contribution in [3.8, 4) is 0 Å². The zero-order valence-corrected chi connectivity index (χ0v) is 8.16. The van der Waals surface area contributed by atoms with Crippen molar-refractivity contribution in [3.63, 3.8) is 0 Å². The second-order valence-corrected chi connectivity index (χ2v) is 3.69. The monoisotopic (exact) mass is 201 g/mol. The van der Waals surface area contributed by atoms with Gasteiger partial charge in [-0.1, -0.05) is 11.8 Å². The fourth-order valence-electron chi connectivity index (χ4n) is 1.05. The van der Waals surface area contributed by atoms with E-state index in [4.69, 9.17) is 9.47 Å². The highest BCUT2D eigenvalue weighted by atomic mass is 32.2. The molecule has 5 nitrogen and oxygen atoms in total. The van der Waals surface area contributed by atoms with E-state index in [9.17, 15) is 0 Å². The highest BCUT2D eigenvalue weighted by Crippen LogP contribution is 2.18. The normalized spacial score (nSPS) is 18.2. The zero-order chi connectivity index (χ0) is 9.10. The Hall–Kier alpha value is -0.590. The first kappa shape index (κ1) is 8.98. The molecule has 0 aromatic carbocycles. The Balaban J connectivity index is 1.82. The fourth-order valence-corrected chi connectivity index (χ4v) is 1.88. The minimum atomic E-state index is -0.0818. The molecule has 2 rings (SSSR count). The van der Waals surface area contributed by atoms with Crippen LogP contribution < -0.4 is 0 Å². The molecule has 0 unspecified atom stereocenters. The van der Waals surface area contributed by atoms with E-state index in [2.05, 4.69) is 10.2 Å². The van der Waals surface area contributed by atoms with Gasteiger partial charge >= 0.3 is 0 Å². The molecular weight excluding hydrogens is 190 g/mol. The lowest BCUT2D eigenvalue weighted by Crippen LogP contribution is -2.11. The smallest absolute Gasteiger partial charge is 0.190 e. The maximum absolute atomic E-state index is 5.29. The highest BCUT2D eigenvalue weighted by molar-refractivity contribution is 7.99. The number of hydrogen-bond donors (Lipinski definition) is 0. The Kier molecular flexibility index (Phi) is 2.82. The van der Waals surface area contributed by atoms with Gasteiger partial charge in [-0.2, -0.15) is 0 Å². The first-order chi connectivity index (χ1) is 6.36. The van der Waals surface area contributed by atoms with Gasteiger partial charge in [-0.25, -0.2) is 0 Å². The van der Waals surface area contributed by atoms with Crippen LogP contribution in [0.5, 0.6) is 0 Å². The van der Waals surface area contributed by atoms with Crippen molar-refractivity contribution in [2.24, 2.45) is 7.05 Å². The van der Waals surface area contributed by atoms with E-state index < -0.39 is 0 Å². The van der Waals surface area contributed by atoms with E-state index in [1.165, 1.54) is 0 Å². The molecule has 1 fully saturated rings. The Morgan fingerprint density at radius 3 is 3.00 bits per heavy atom. The van der Waals surface area contributed by atoms with Crippen molar-refractivity contribution in [1.82, 2.24) is 14.8 Å². The molecule has 0 saturated carbocycles. The van der Waals surface area contributed by atoms with Gasteiger partial charge < -0.3 is 14.0 Å². The lowest BCUT2D eigenvalue weighted by atomic mass is 10.8. The third kappa shape index (κ3) is 2.20. The number of nitrogens with zero attached hydrogens (tertiary/aromatic N) is 3. The maximum Gasteiger partial charge on any atom is 0.190 e. The third-order valence-corrected chi connectivity index (χ3v) is 2.78. The van der Waals surface area contributed by atoms with Gasteiger partial charge in [-0.15, -0.1) is 10.2 Å². The van der Waals surface area contributed by atoms with E-state index in [1.54, 1.807) is 18.1 Å². The number of aryl methyl sites for hydroxylation is 1. The van der Waals surface area contributed by atoms with Crippen LogP contribution in [0, 0.1) is 0 Å². The van der Waals surface area contributed by atoms with Gasteiger partial charge in [-0.05, 0) is 0 Å². The van der Waals surface area contributed by atoms with Gasteiger partial charge in [0.2, 0.25) is 0 Å². The van der Waals surface area contributed by atoms with Crippen LogP contribution in [0.1, 0.15) is 0 Å². The zero-order valence-electron chi connectivity index (χ0n) is 7.34. The van der Waals surface area contributed by atoms with Crippen LogP contribution in [0.2, 0.25) is 0 Å². The molecule has 1 aromatic heterocycles. The molecule has 6 heteroatoms. The average Bonchev–Trinajstić information content (AvgIpc) is 2.72. The van der Waals surface area contributed by atoms with Crippen LogP contribution in [0.4, 0.5) is 0 Å². The van der Waals surface area contributed by atoms with Crippen LogP contribution in [-0.2, 0) is 16.5 Å². The molecule has 0 N–H and O–H groups in total. The maximum atomic E-state index is 5.29. The van der Waals surface area contributed by atoms with E-state index in [1.807, 2.05) is 11.6 Å². The molecule has 0 amide bonds. The Morgan fingerprint density at radius 2 is 2.38 bits per heavy atom. The number of thioether (sulfide) groups is 1. The summed E-state index contributed by atoms with van der Waals surface area (Å²) >= 11 is 1.59. The minimum Gasteiger partial charge on any atom is -0.349 e. The number of aromatic nitrogens is 3. The fraction of sp³-hybridized carbons (Fsp3) is 0.714. The molecular formula is C7H11N3O2S. The molecule has 72 valence electrons. The van der Waals surface area contributed by atoms with Gasteiger partial charge in [0.15, 0.2) is 11.4 Å². The number of rotatable bonds is 3. The van der Waals surface area contributed by atoms with Gasteiger partial charge in [0, 0.05) is 7.05 Å². The second-order valence-electron chi connectivity index (χ2n) is 2.71. The number of hydrogen-bond acceptors (Lipinski definition) is 5. The van der Waals surface area contributed by atoms with Crippen molar-refractivity contribution in [2.45, 2.75) is 11.4 Å². The molecule has 1 aliphatic heterocycles. The van der Waals surface area contributed by atoms with Crippen LogP contribution in [0.15, 0.2) is 11.5 Å². The van der Waals surface area contributed by atoms with Crippen LogP contribution >= 0.6 is 11.8 Å². The Morgan fingerprint density at radius 1 is 1.62 bits per heavy atom. The summed E-state index contributed by atoms with van der Waals surface area (Å²) in [5, 5.41) is 8.61. The van der Waals surface area contributed by atoms with E-state index in [0.29, 0.717) is 13.2 Å². The summed E-state index contributed by atoms with van der Waals surface area (Å²) in [6.07, 6.45) is 1.60. The van der Waals surface area contributed by atoms with Crippen molar-refractivity contribution >= 4 is 11.8 Å². The first-order valence-electron chi connectivity index (χ1n) is 4.06. The quantitative estimate of drug-likeness (QED) is 0.657. The summed E-state index contributed by atoms with van der Waals surface area (Å²) in [5.41, 5.74) is 0. The Bertz CT molecular complexity index is 272. The van der Waals surface area contributed by atoms with Crippen LogP contribution in [0.25, 0.3) is 0 Å². The summed E-state index contributed by atoms with van der Waals surface area (Å²) in [7, 11) is 1.92. The van der Waals surface area contributed by atoms with E-state index >= 15 is 0 Å². The summed E-state index contributed by atoms with van der Waals surface area (Å²) in [5.74, 6) is 0.770. The predicted octanol–water partition coefficient (Wildman–Crippen LogP) is 0.280. The molecule has 13 heavy (non-hydrogen) atoms. The summed E-state index contributed by atoms with van der Waals surface area (Å²) < 4.78 is 12.5. The van der Waals surface area contributed by atoms with Crippen molar-refractivity contribution in [3.05, 3.63) is 6.33 Å². The van der Waals surface area contributed by atoms with Crippen molar-refractivity contribution in [1.29, 1.82) is 0 Å². The minimum absolute atomic E-state index is 0.0818. The standard InChI is InChI=1S/C7H11N3O2S/c1-10-5-8-9-7(10)13-4-6-11-2-3-12-6/h5-6H,2-4H2,1H3. The van der Waals surface area contributed by atoms with Crippen molar-refractivity contribution in [2.75, 3.05) is 19.0 Å². The summed E-state index contributed by atoms with van der Waals surface area (Å²) in [6, 6.07) is 0. The average molecular weight is 201 g/mol. The second kappa shape index (κ2) is 4.08. The van der Waals surface area contributed by atoms with Gasteiger partial charge in [-0.3, -0.25) is 0 Å². The topological polar surface area (TPSA) is 49.2 Å². The molecule has 0 bridgehead atoms. The first-order valence-corrected chi connectivity index (χ1v) is 5.05. The third-order valence-electron chi connectivity index (χ3n) is 1.71. The predicted molar refractivity (Wildman–Crippen MR) is 47.4 cm³/mol. The molecule has 1 saturated heterocycles. The molecule has 0 aliphatic carbocycles. The molecule has 0 spiro atoms. The Labute approximate surface area is 80.4 Å². The molecule has 1 aliphatic rings. The largest absolute Gasteiger partial charge is 0.349 e.